The molecule has 0 saturated carbocycles. The van der Waals surface area contributed by atoms with Crippen LogP contribution >= 0.6 is 7.82 Å². The molecule has 65 heavy (non-hydrogen) atoms. The fraction of sp³-hybridized carbons (Fsp3) is 0.732. The van der Waals surface area contributed by atoms with Gasteiger partial charge in [-0.05, 0) is 89.9 Å². The number of esters is 1. The van der Waals surface area contributed by atoms with E-state index in [4.69, 9.17) is 18.5 Å². The Kier molecular flexibility index (Phi) is 46.4. The smallest absolute Gasteiger partial charge is 0.306 e. The number of nitrogens with zero attached hydrogens (tertiary/aromatic N) is 1. The second-order valence-corrected chi connectivity index (χ2v) is 19.9. The van der Waals surface area contributed by atoms with Crippen LogP contribution < -0.4 is 4.89 Å². The quantitative estimate of drug-likeness (QED) is 0.0197. The molecule has 0 aromatic heterocycles. The van der Waals surface area contributed by atoms with Crippen molar-refractivity contribution in [2.24, 2.45) is 0 Å². The summed E-state index contributed by atoms with van der Waals surface area (Å²) < 4.78 is 34.8. The highest BCUT2D eigenvalue weighted by molar-refractivity contribution is 7.45. The van der Waals surface area contributed by atoms with E-state index in [0.29, 0.717) is 24.1 Å². The maximum atomic E-state index is 12.8. The molecule has 0 fully saturated rings. The number of hydrogen-bond donors (Lipinski definition) is 0. The fourth-order valence-electron chi connectivity index (χ4n) is 6.90. The average Bonchev–Trinajstić information content (AvgIpc) is 3.27. The summed E-state index contributed by atoms with van der Waals surface area (Å²) in [6.45, 7) is 5.25. The lowest BCUT2D eigenvalue weighted by molar-refractivity contribution is -0.870. The van der Waals surface area contributed by atoms with Crippen LogP contribution in [0.2, 0.25) is 0 Å². The van der Waals surface area contributed by atoms with E-state index in [1.807, 2.05) is 21.1 Å². The number of carbonyl (C=O) groups excluding carboxylic acids is 1. The Labute approximate surface area is 401 Å². The van der Waals surface area contributed by atoms with E-state index in [1.54, 1.807) is 0 Å². The van der Waals surface area contributed by atoms with Crippen molar-refractivity contribution in [2.45, 2.75) is 213 Å². The van der Waals surface area contributed by atoms with Crippen LogP contribution in [-0.4, -0.2) is 70.7 Å². The van der Waals surface area contributed by atoms with E-state index in [1.165, 1.54) is 96.3 Å². The van der Waals surface area contributed by atoms with Crippen molar-refractivity contribution < 1.29 is 37.3 Å². The summed E-state index contributed by atoms with van der Waals surface area (Å²) in [5, 5.41) is 0. The topological polar surface area (TPSA) is 94.1 Å². The molecule has 0 radical (unpaired) electrons. The second kappa shape index (κ2) is 48.1. The molecule has 8 nitrogen and oxygen atoms in total. The molecule has 0 heterocycles. The molecule has 376 valence electrons. The maximum Gasteiger partial charge on any atom is 0.306 e. The molecule has 0 bridgehead atoms. The van der Waals surface area contributed by atoms with Gasteiger partial charge < -0.3 is 27.9 Å². The number of hydrogen-bond acceptors (Lipinski definition) is 7. The Morgan fingerprint density at radius 1 is 0.492 bits per heavy atom. The first-order chi connectivity index (χ1) is 31.6. The van der Waals surface area contributed by atoms with Gasteiger partial charge in [0.15, 0.2) is 0 Å². The van der Waals surface area contributed by atoms with Crippen LogP contribution in [0.5, 0.6) is 0 Å². The molecule has 0 N–H and O–H groups in total. The fourth-order valence-corrected chi connectivity index (χ4v) is 7.63. The molecule has 9 heteroatoms. The van der Waals surface area contributed by atoms with E-state index in [-0.39, 0.29) is 25.8 Å². The number of likely N-dealkylation sites (N-methyl/N-ethyl adjacent to an activating group) is 1. The lowest BCUT2D eigenvalue weighted by Crippen LogP contribution is -2.37. The van der Waals surface area contributed by atoms with E-state index in [0.717, 1.165) is 89.9 Å². The number of rotatable bonds is 48. The van der Waals surface area contributed by atoms with E-state index < -0.39 is 13.9 Å². The van der Waals surface area contributed by atoms with Crippen LogP contribution in [0.15, 0.2) is 85.1 Å². The Hall–Kier alpha value is -2.32. The Bertz CT molecular complexity index is 1310. The summed E-state index contributed by atoms with van der Waals surface area (Å²) in [5.74, 6) is -0.348. The van der Waals surface area contributed by atoms with Gasteiger partial charge in [0.25, 0.3) is 7.82 Å². The Morgan fingerprint density at radius 3 is 1.34 bits per heavy atom. The molecule has 0 amide bonds. The van der Waals surface area contributed by atoms with Crippen LogP contribution in [0.3, 0.4) is 0 Å². The van der Waals surface area contributed by atoms with Crippen molar-refractivity contribution in [3.8, 4) is 0 Å². The Morgan fingerprint density at radius 2 is 0.892 bits per heavy atom. The highest BCUT2D eigenvalue weighted by atomic mass is 31.2. The van der Waals surface area contributed by atoms with Crippen molar-refractivity contribution in [2.75, 3.05) is 54.1 Å². The predicted molar refractivity (Wildman–Crippen MR) is 277 cm³/mol. The minimum absolute atomic E-state index is 0.0178. The number of unbranched alkanes of at least 4 members (excludes halogenated alkanes) is 20. The normalized spacial score (nSPS) is 14.2. The highest BCUT2D eigenvalue weighted by Gasteiger charge is 2.20. The molecule has 0 spiro atoms. The summed E-state index contributed by atoms with van der Waals surface area (Å²) in [4.78, 5) is 25.2. The summed E-state index contributed by atoms with van der Waals surface area (Å²) >= 11 is 0. The Balaban J connectivity index is 4.19. The maximum absolute atomic E-state index is 12.8. The van der Waals surface area contributed by atoms with E-state index in [2.05, 4.69) is 98.9 Å². The molecule has 0 aliphatic heterocycles. The zero-order valence-electron chi connectivity index (χ0n) is 42.7. The first-order valence-corrected chi connectivity index (χ1v) is 27.8. The molecular formula is C56H100NO7P. The molecule has 0 aliphatic carbocycles. The summed E-state index contributed by atoms with van der Waals surface area (Å²) in [7, 11) is 1.33. The van der Waals surface area contributed by atoms with Gasteiger partial charge in [0.1, 0.15) is 19.3 Å². The van der Waals surface area contributed by atoms with Crippen molar-refractivity contribution in [1.82, 2.24) is 0 Å². The van der Waals surface area contributed by atoms with Gasteiger partial charge >= 0.3 is 5.97 Å². The first kappa shape index (κ1) is 62.7. The van der Waals surface area contributed by atoms with Crippen molar-refractivity contribution in [3.63, 3.8) is 0 Å². The van der Waals surface area contributed by atoms with Crippen LogP contribution in [-0.2, 0) is 27.9 Å². The number of quaternary nitrogens is 1. The minimum atomic E-state index is -4.54. The lowest BCUT2D eigenvalue weighted by atomic mass is 10.1. The van der Waals surface area contributed by atoms with Crippen LogP contribution in [0, 0.1) is 0 Å². The molecule has 0 rings (SSSR count). The molecule has 0 saturated heterocycles. The average molecular weight is 930 g/mol. The second-order valence-electron chi connectivity index (χ2n) is 18.5. The van der Waals surface area contributed by atoms with E-state index in [9.17, 15) is 14.3 Å². The van der Waals surface area contributed by atoms with Crippen LogP contribution in [0.25, 0.3) is 0 Å². The zero-order chi connectivity index (χ0) is 47.6. The van der Waals surface area contributed by atoms with Crippen molar-refractivity contribution >= 4 is 13.8 Å². The number of ether oxygens (including phenoxy) is 2. The highest BCUT2D eigenvalue weighted by Crippen LogP contribution is 2.38. The van der Waals surface area contributed by atoms with Gasteiger partial charge in [-0.25, -0.2) is 0 Å². The van der Waals surface area contributed by atoms with E-state index >= 15 is 0 Å². The van der Waals surface area contributed by atoms with Crippen LogP contribution in [0.4, 0.5) is 0 Å². The summed E-state index contributed by atoms with van der Waals surface area (Å²) in [6.07, 6.45) is 64.6. The van der Waals surface area contributed by atoms with Crippen molar-refractivity contribution in [3.05, 3.63) is 85.1 Å². The lowest BCUT2D eigenvalue weighted by Gasteiger charge is -2.28. The van der Waals surface area contributed by atoms with Gasteiger partial charge in [-0.1, -0.05) is 195 Å². The minimum Gasteiger partial charge on any atom is -0.756 e. The number of phosphoric ester groups is 1. The molecule has 2 atom stereocenters. The largest absolute Gasteiger partial charge is 0.756 e. The van der Waals surface area contributed by atoms with Gasteiger partial charge in [-0.2, -0.15) is 0 Å². The summed E-state index contributed by atoms with van der Waals surface area (Å²) in [6, 6.07) is 0. The first-order valence-electron chi connectivity index (χ1n) is 26.3. The monoisotopic (exact) mass is 930 g/mol. The molecular weight excluding hydrogens is 830 g/mol. The van der Waals surface area contributed by atoms with Gasteiger partial charge in [-0.3, -0.25) is 9.36 Å². The van der Waals surface area contributed by atoms with Crippen molar-refractivity contribution in [1.29, 1.82) is 0 Å². The van der Waals surface area contributed by atoms with Gasteiger partial charge in [0.2, 0.25) is 0 Å². The third kappa shape index (κ3) is 52.5. The predicted octanol–water partition coefficient (Wildman–Crippen LogP) is 15.8. The van der Waals surface area contributed by atoms with Crippen LogP contribution in [0.1, 0.15) is 206 Å². The molecule has 0 aromatic rings. The molecule has 0 aliphatic rings. The zero-order valence-corrected chi connectivity index (χ0v) is 43.6. The van der Waals surface area contributed by atoms with Gasteiger partial charge in [0, 0.05) is 13.0 Å². The van der Waals surface area contributed by atoms with Gasteiger partial charge in [-0.15, -0.1) is 0 Å². The third-order valence-electron chi connectivity index (χ3n) is 10.9. The number of allylic oxidation sites excluding steroid dienone is 14. The molecule has 0 aromatic carbocycles. The number of carbonyl (C=O) groups is 1. The summed E-state index contributed by atoms with van der Waals surface area (Å²) in [5.41, 5.74) is 0. The van der Waals surface area contributed by atoms with Gasteiger partial charge in [0.05, 0.1) is 34.4 Å². The molecule has 2 unspecified atom stereocenters. The number of phosphoric acid groups is 1. The third-order valence-corrected chi connectivity index (χ3v) is 11.9. The SMILES string of the molecule is CC/C=C\C/C=C\C/C=C\C/C=C\CCCCCCCCCCC(=O)OC(COCCCCCCCCC/C=C\C/C=C\C/C=C\CCCCCCC)COP(=O)([O-])OCC[N+](C)(C)C. The standard InChI is InChI=1S/C56H100NO7P/c1-6-8-10-12-14-16-18-20-22-24-26-28-30-32-34-36-38-40-42-44-46-48-51-61-53-55(54-63-65(59,60)62-52-50-57(3,4)5)64-56(58)49-47-45-43-41-39-37-35-33-31-29-27-25-23-21-19-17-15-13-11-9-7-2/h9,11,15,17-18,20-21,23-24,26-27,29-30,32,55H,6-8,10,12-14,16,19,22,25,28,31,33-54H2,1-5H3/b11-9-,17-15-,20-18-,23-21-,26-24-,29-27-,32-30-.